The number of carbonyl (C=O) groups is 1. The van der Waals surface area contributed by atoms with Crippen LogP contribution in [0.15, 0.2) is 12.1 Å². The van der Waals surface area contributed by atoms with Gasteiger partial charge in [0.25, 0.3) is 0 Å². The van der Waals surface area contributed by atoms with Gasteiger partial charge in [-0.1, -0.05) is 0 Å². The molecular formula is C7H6F3N3O2. The first-order valence-corrected chi connectivity index (χ1v) is 3.64. The van der Waals surface area contributed by atoms with E-state index >= 15 is 0 Å². The number of nitrogens with zero attached hydrogens (tertiary/aromatic N) is 1. The lowest BCUT2D eigenvalue weighted by Gasteiger charge is -2.09. The number of nitrogens with one attached hydrogen (secondary N) is 1. The Balaban J connectivity index is 3.11. The molecule has 0 fully saturated rings. The summed E-state index contributed by atoms with van der Waals surface area (Å²) in [6, 6.07) is 1.18. The normalized spacial score (nSPS) is 11.1. The molecule has 8 heteroatoms. The summed E-state index contributed by atoms with van der Waals surface area (Å²) in [5.41, 5.74) is 4.03. The molecule has 0 saturated carbocycles. The number of anilines is 2. The number of alkyl halides is 3. The fourth-order valence-electron chi connectivity index (χ4n) is 0.889. The van der Waals surface area contributed by atoms with Crippen LogP contribution in [0.3, 0.4) is 0 Å². The maximum Gasteiger partial charge on any atom is 0.416 e. The zero-order valence-corrected chi connectivity index (χ0v) is 7.17. The van der Waals surface area contributed by atoms with E-state index in [0.29, 0.717) is 12.1 Å². The van der Waals surface area contributed by atoms with Crippen LogP contribution in [0.1, 0.15) is 5.56 Å². The van der Waals surface area contributed by atoms with Gasteiger partial charge in [-0.3, -0.25) is 5.32 Å². The van der Waals surface area contributed by atoms with Crippen molar-refractivity contribution in [2.75, 3.05) is 11.1 Å². The topological polar surface area (TPSA) is 88.2 Å². The number of amides is 1. The van der Waals surface area contributed by atoms with Crippen LogP contribution < -0.4 is 11.1 Å². The van der Waals surface area contributed by atoms with Crippen LogP contribution in [0.5, 0.6) is 0 Å². The minimum absolute atomic E-state index is 0.409. The third-order valence-corrected chi connectivity index (χ3v) is 1.41. The molecule has 1 aromatic heterocycles. The van der Waals surface area contributed by atoms with Gasteiger partial charge in [-0.25, -0.2) is 9.78 Å². The van der Waals surface area contributed by atoms with Crippen molar-refractivity contribution in [3.8, 4) is 0 Å². The second-order valence-corrected chi connectivity index (χ2v) is 2.59. The maximum absolute atomic E-state index is 12.2. The summed E-state index contributed by atoms with van der Waals surface area (Å²) in [5, 5.41) is 9.96. The summed E-state index contributed by atoms with van der Waals surface area (Å²) in [6.45, 7) is 0. The first-order chi connectivity index (χ1) is 6.79. The molecule has 0 saturated heterocycles. The van der Waals surface area contributed by atoms with E-state index in [0.717, 1.165) is 0 Å². The number of hydrogen-bond donors (Lipinski definition) is 3. The number of carboxylic acid groups (broad SMARTS) is 1. The lowest BCUT2D eigenvalue weighted by Crippen LogP contribution is -2.12. The van der Waals surface area contributed by atoms with Crippen LogP contribution in [0.4, 0.5) is 29.6 Å². The molecule has 0 aliphatic heterocycles. The SMILES string of the molecule is Nc1cc(C(F)(F)F)cc(NC(=O)O)n1. The third kappa shape index (κ3) is 3.01. The molecule has 1 heterocycles. The van der Waals surface area contributed by atoms with Crippen molar-refractivity contribution < 1.29 is 23.1 Å². The molecule has 0 aliphatic carbocycles. The number of rotatable bonds is 1. The van der Waals surface area contributed by atoms with Crippen molar-refractivity contribution in [1.29, 1.82) is 0 Å². The van der Waals surface area contributed by atoms with E-state index in [-0.39, 0.29) is 0 Å². The van der Waals surface area contributed by atoms with Gasteiger partial charge in [0.2, 0.25) is 0 Å². The van der Waals surface area contributed by atoms with Crippen LogP contribution in [-0.2, 0) is 6.18 Å². The van der Waals surface area contributed by atoms with Gasteiger partial charge in [-0.05, 0) is 12.1 Å². The molecule has 5 nitrogen and oxygen atoms in total. The van der Waals surface area contributed by atoms with E-state index < -0.39 is 29.5 Å². The van der Waals surface area contributed by atoms with E-state index in [4.69, 9.17) is 10.8 Å². The fraction of sp³-hybridized carbons (Fsp3) is 0.143. The predicted molar refractivity (Wildman–Crippen MR) is 45.3 cm³/mol. The van der Waals surface area contributed by atoms with Gasteiger partial charge >= 0.3 is 12.3 Å². The molecule has 0 bridgehead atoms. The van der Waals surface area contributed by atoms with Gasteiger partial charge in [0.15, 0.2) is 0 Å². The van der Waals surface area contributed by atoms with Crippen molar-refractivity contribution in [2.24, 2.45) is 0 Å². The van der Waals surface area contributed by atoms with Gasteiger partial charge in [0.1, 0.15) is 11.6 Å². The monoisotopic (exact) mass is 221 g/mol. The Bertz CT molecular complexity index is 392. The molecule has 0 aromatic carbocycles. The lowest BCUT2D eigenvalue weighted by atomic mass is 10.2. The highest BCUT2D eigenvalue weighted by molar-refractivity contribution is 5.81. The van der Waals surface area contributed by atoms with Crippen molar-refractivity contribution in [1.82, 2.24) is 4.98 Å². The number of aromatic nitrogens is 1. The van der Waals surface area contributed by atoms with E-state index in [2.05, 4.69) is 4.98 Å². The highest BCUT2D eigenvalue weighted by Gasteiger charge is 2.31. The van der Waals surface area contributed by atoms with Gasteiger partial charge in [0, 0.05) is 0 Å². The van der Waals surface area contributed by atoms with Gasteiger partial charge in [-0.15, -0.1) is 0 Å². The van der Waals surface area contributed by atoms with E-state index in [9.17, 15) is 18.0 Å². The Morgan fingerprint density at radius 3 is 2.53 bits per heavy atom. The number of hydrogen-bond acceptors (Lipinski definition) is 3. The molecule has 0 aliphatic rings. The lowest BCUT2D eigenvalue weighted by molar-refractivity contribution is -0.137. The number of halogens is 3. The molecule has 0 unspecified atom stereocenters. The average Bonchev–Trinajstić information content (AvgIpc) is 1.99. The Labute approximate surface area is 81.7 Å². The minimum Gasteiger partial charge on any atom is -0.465 e. The quantitative estimate of drug-likeness (QED) is 0.674. The Morgan fingerprint density at radius 1 is 1.47 bits per heavy atom. The van der Waals surface area contributed by atoms with E-state index in [1.54, 1.807) is 5.32 Å². The third-order valence-electron chi connectivity index (χ3n) is 1.41. The van der Waals surface area contributed by atoms with Crippen LogP contribution >= 0.6 is 0 Å². The molecule has 4 N–H and O–H groups in total. The molecule has 15 heavy (non-hydrogen) atoms. The van der Waals surface area contributed by atoms with Gasteiger partial charge in [-0.2, -0.15) is 13.2 Å². The maximum atomic E-state index is 12.2. The molecule has 1 aromatic rings. The number of nitrogens with two attached hydrogens (primary N) is 1. The summed E-state index contributed by atoms with van der Waals surface area (Å²) in [5.74, 6) is -0.872. The smallest absolute Gasteiger partial charge is 0.416 e. The van der Waals surface area contributed by atoms with Crippen LogP contribution in [0.25, 0.3) is 0 Å². The first-order valence-electron chi connectivity index (χ1n) is 3.64. The summed E-state index contributed by atoms with van der Waals surface area (Å²) < 4.78 is 36.7. The molecule has 0 spiro atoms. The first kappa shape index (κ1) is 11.1. The van der Waals surface area contributed by atoms with Crippen LogP contribution in [-0.4, -0.2) is 16.2 Å². The van der Waals surface area contributed by atoms with Crippen molar-refractivity contribution >= 4 is 17.7 Å². The summed E-state index contributed by atoms with van der Waals surface area (Å²) in [7, 11) is 0. The fourth-order valence-corrected chi connectivity index (χ4v) is 0.889. The Hall–Kier alpha value is -1.99. The highest BCUT2D eigenvalue weighted by Crippen LogP contribution is 2.31. The predicted octanol–water partition coefficient (Wildman–Crippen LogP) is 1.77. The molecule has 1 amide bonds. The van der Waals surface area contributed by atoms with Crippen molar-refractivity contribution in [3.05, 3.63) is 17.7 Å². The summed E-state index contributed by atoms with van der Waals surface area (Å²) in [6.07, 6.45) is -6.10. The summed E-state index contributed by atoms with van der Waals surface area (Å²) in [4.78, 5) is 13.5. The zero-order valence-electron chi connectivity index (χ0n) is 7.17. The molecule has 1 rings (SSSR count). The summed E-state index contributed by atoms with van der Waals surface area (Å²) >= 11 is 0. The zero-order chi connectivity index (χ0) is 11.6. The van der Waals surface area contributed by atoms with Crippen molar-refractivity contribution in [3.63, 3.8) is 0 Å². The second-order valence-electron chi connectivity index (χ2n) is 2.59. The Morgan fingerprint density at radius 2 is 2.07 bits per heavy atom. The van der Waals surface area contributed by atoms with Gasteiger partial charge in [0.05, 0.1) is 5.56 Å². The van der Waals surface area contributed by atoms with E-state index in [1.807, 2.05) is 0 Å². The highest BCUT2D eigenvalue weighted by atomic mass is 19.4. The second kappa shape index (κ2) is 3.64. The van der Waals surface area contributed by atoms with Crippen LogP contribution in [0, 0.1) is 0 Å². The van der Waals surface area contributed by atoms with Crippen molar-refractivity contribution in [2.45, 2.75) is 6.18 Å². The average molecular weight is 221 g/mol. The van der Waals surface area contributed by atoms with Crippen LogP contribution in [0.2, 0.25) is 0 Å². The van der Waals surface area contributed by atoms with E-state index in [1.165, 1.54) is 0 Å². The number of nitrogen functional groups attached to an aromatic ring is 1. The molecule has 0 atom stereocenters. The largest absolute Gasteiger partial charge is 0.465 e. The standard InChI is InChI=1S/C7H6F3N3O2/c8-7(9,10)3-1-4(11)12-5(2-3)13-6(14)15/h1-2H,(H,14,15)(H3,11,12,13). The molecule has 0 radical (unpaired) electrons. The Kier molecular flexibility index (Phi) is 2.69. The number of pyridine rings is 1. The molecule has 82 valence electrons. The van der Waals surface area contributed by atoms with Gasteiger partial charge < -0.3 is 10.8 Å². The minimum atomic E-state index is -4.59. The molecular weight excluding hydrogens is 215 g/mol.